The van der Waals surface area contributed by atoms with Gasteiger partial charge in [0.2, 0.25) is 0 Å². The average molecular weight is 402 g/mol. The summed E-state index contributed by atoms with van der Waals surface area (Å²) in [6.45, 7) is 4.88. The zero-order valence-corrected chi connectivity index (χ0v) is 15.6. The van der Waals surface area contributed by atoms with Crippen LogP contribution in [0, 0.1) is 0 Å². The number of amides is 1. The van der Waals surface area contributed by atoms with Crippen LogP contribution in [0.5, 0.6) is 5.75 Å². The highest BCUT2D eigenvalue weighted by molar-refractivity contribution is 6.31. The van der Waals surface area contributed by atoms with Crippen LogP contribution in [0.4, 0.5) is 18.9 Å². The second kappa shape index (κ2) is 9.10. The monoisotopic (exact) mass is 401 g/mol. The molecule has 27 heavy (non-hydrogen) atoms. The van der Waals surface area contributed by atoms with E-state index in [9.17, 15) is 18.0 Å². The van der Waals surface area contributed by atoms with Gasteiger partial charge in [-0.1, -0.05) is 11.6 Å². The van der Waals surface area contributed by atoms with Gasteiger partial charge in [-0.25, -0.2) is 0 Å². The van der Waals surface area contributed by atoms with Gasteiger partial charge in [0.25, 0.3) is 5.91 Å². The van der Waals surface area contributed by atoms with Gasteiger partial charge >= 0.3 is 6.18 Å². The SMILES string of the molecule is CCOCc1cc(C(=O)Nc2ccc(Cl)c(C(F)(F)F)c2)ccc1OCC. The molecule has 0 unspecified atom stereocenters. The molecule has 0 bridgehead atoms. The third-order valence-electron chi connectivity index (χ3n) is 3.61. The van der Waals surface area contributed by atoms with Gasteiger partial charge in [-0.15, -0.1) is 0 Å². The Balaban J connectivity index is 2.25. The van der Waals surface area contributed by atoms with Crippen molar-refractivity contribution in [3.8, 4) is 5.75 Å². The van der Waals surface area contributed by atoms with Gasteiger partial charge in [0, 0.05) is 23.4 Å². The number of halogens is 4. The van der Waals surface area contributed by atoms with Crippen LogP contribution in [0.2, 0.25) is 5.02 Å². The Labute approximate surface area is 160 Å². The lowest BCUT2D eigenvalue weighted by molar-refractivity contribution is -0.137. The van der Waals surface area contributed by atoms with Crippen LogP contribution in [0.25, 0.3) is 0 Å². The number of nitrogens with one attached hydrogen (secondary N) is 1. The number of alkyl halides is 3. The molecule has 0 aromatic heterocycles. The first-order valence-corrected chi connectivity index (χ1v) is 8.65. The van der Waals surface area contributed by atoms with Crippen molar-refractivity contribution < 1.29 is 27.4 Å². The summed E-state index contributed by atoms with van der Waals surface area (Å²) >= 11 is 5.59. The smallest absolute Gasteiger partial charge is 0.417 e. The Bertz CT molecular complexity index is 809. The van der Waals surface area contributed by atoms with Crippen LogP contribution in [-0.4, -0.2) is 19.1 Å². The lowest BCUT2D eigenvalue weighted by atomic mass is 10.1. The van der Waals surface area contributed by atoms with E-state index in [1.807, 2.05) is 13.8 Å². The predicted octanol–water partition coefficient (Wildman–Crippen LogP) is 5.55. The summed E-state index contributed by atoms with van der Waals surface area (Å²) < 4.78 is 49.7. The number of carbonyl (C=O) groups is 1. The molecule has 0 saturated carbocycles. The Hall–Kier alpha value is -2.25. The number of benzene rings is 2. The summed E-state index contributed by atoms with van der Waals surface area (Å²) in [5.74, 6) is 0.0413. The molecule has 2 rings (SSSR count). The number of ether oxygens (including phenoxy) is 2. The minimum Gasteiger partial charge on any atom is -0.494 e. The fraction of sp³-hybridized carbons (Fsp3) is 0.316. The fourth-order valence-electron chi connectivity index (χ4n) is 2.37. The van der Waals surface area contributed by atoms with Gasteiger partial charge in [0.1, 0.15) is 5.75 Å². The minimum absolute atomic E-state index is 0.00281. The molecule has 146 valence electrons. The van der Waals surface area contributed by atoms with Crippen molar-refractivity contribution in [2.45, 2.75) is 26.6 Å². The molecule has 0 aliphatic carbocycles. The third-order valence-corrected chi connectivity index (χ3v) is 3.94. The zero-order valence-electron chi connectivity index (χ0n) is 14.8. The second-order valence-corrected chi connectivity index (χ2v) is 5.95. The van der Waals surface area contributed by atoms with Gasteiger partial charge in [0.15, 0.2) is 0 Å². The zero-order chi connectivity index (χ0) is 20.0. The molecule has 2 aromatic carbocycles. The van der Waals surface area contributed by atoms with Crippen molar-refractivity contribution in [3.63, 3.8) is 0 Å². The van der Waals surface area contributed by atoms with Gasteiger partial charge in [-0.3, -0.25) is 4.79 Å². The lowest BCUT2D eigenvalue weighted by Gasteiger charge is -2.14. The standard InChI is InChI=1S/C19H19ClF3NO3/c1-3-26-11-13-9-12(5-8-17(13)27-4-2)18(25)24-14-6-7-16(20)15(10-14)19(21,22)23/h5-10H,3-4,11H2,1-2H3,(H,24,25). The number of carbonyl (C=O) groups excluding carboxylic acids is 1. The first-order chi connectivity index (χ1) is 12.8. The van der Waals surface area contributed by atoms with Gasteiger partial charge in [-0.2, -0.15) is 13.2 Å². The van der Waals surface area contributed by atoms with Gasteiger partial charge in [0.05, 0.1) is 23.8 Å². The summed E-state index contributed by atoms with van der Waals surface area (Å²) in [4.78, 5) is 12.4. The van der Waals surface area contributed by atoms with Crippen LogP contribution >= 0.6 is 11.6 Å². The molecule has 0 fully saturated rings. The molecule has 1 N–H and O–H groups in total. The van der Waals surface area contributed by atoms with E-state index in [-0.39, 0.29) is 17.9 Å². The van der Waals surface area contributed by atoms with E-state index in [0.717, 1.165) is 12.1 Å². The maximum Gasteiger partial charge on any atom is 0.417 e. The largest absolute Gasteiger partial charge is 0.494 e. The van der Waals surface area contributed by atoms with Crippen LogP contribution in [0.1, 0.15) is 35.3 Å². The average Bonchev–Trinajstić information content (AvgIpc) is 2.61. The lowest BCUT2D eigenvalue weighted by Crippen LogP contribution is -2.14. The second-order valence-electron chi connectivity index (χ2n) is 5.54. The van der Waals surface area contributed by atoms with Crippen molar-refractivity contribution in [2.75, 3.05) is 18.5 Å². The molecule has 0 radical (unpaired) electrons. The molecule has 0 heterocycles. The summed E-state index contributed by atoms with van der Waals surface area (Å²) in [5, 5.41) is 2.02. The van der Waals surface area contributed by atoms with Crippen molar-refractivity contribution in [1.29, 1.82) is 0 Å². The first kappa shape index (κ1) is 21.1. The molecule has 0 atom stereocenters. The van der Waals surface area contributed by atoms with E-state index in [4.69, 9.17) is 21.1 Å². The topological polar surface area (TPSA) is 47.6 Å². The molecule has 0 saturated heterocycles. The van der Waals surface area contributed by atoms with Crippen molar-refractivity contribution in [2.24, 2.45) is 0 Å². The summed E-state index contributed by atoms with van der Waals surface area (Å²) in [7, 11) is 0. The Morgan fingerprint density at radius 2 is 1.85 bits per heavy atom. The molecule has 4 nitrogen and oxygen atoms in total. The molecule has 0 aliphatic rings. The van der Waals surface area contributed by atoms with Crippen LogP contribution < -0.4 is 10.1 Å². The van der Waals surface area contributed by atoms with Crippen molar-refractivity contribution in [3.05, 3.63) is 58.1 Å². The van der Waals surface area contributed by atoms with E-state index in [2.05, 4.69) is 5.32 Å². The molecular formula is C19H19ClF3NO3. The van der Waals surface area contributed by atoms with E-state index in [1.54, 1.807) is 12.1 Å². The highest BCUT2D eigenvalue weighted by Crippen LogP contribution is 2.36. The number of rotatable bonds is 7. The number of hydrogen-bond acceptors (Lipinski definition) is 3. The van der Waals surface area contributed by atoms with Crippen molar-refractivity contribution >= 4 is 23.2 Å². The Morgan fingerprint density at radius 1 is 1.11 bits per heavy atom. The van der Waals surface area contributed by atoms with E-state index >= 15 is 0 Å². The fourth-order valence-corrected chi connectivity index (χ4v) is 2.59. The molecule has 8 heteroatoms. The molecule has 2 aromatic rings. The van der Waals surface area contributed by atoms with E-state index < -0.39 is 22.7 Å². The van der Waals surface area contributed by atoms with Crippen LogP contribution in [-0.2, 0) is 17.5 Å². The van der Waals surface area contributed by atoms with Crippen LogP contribution in [0.3, 0.4) is 0 Å². The van der Waals surface area contributed by atoms with Crippen molar-refractivity contribution in [1.82, 2.24) is 0 Å². The highest BCUT2D eigenvalue weighted by Gasteiger charge is 2.33. The molecule has 0 aliphatic heterocycles. The molecule has 0 spiro atoms. The van der Waals surface area contributed by atoms with Crippen LogP contribution in [0.15, 0.2) is 36.4 Å². The normalized spacial score (nSPS) is 11.3. The quantitative estimate of drug-likeness (QED) is 0.662. The predicted molar refractivity (Wildman–Crippen MR) is 97.3 cm³/mol. The van der Waals surface area contributed by atoms with Gasteiger partial charge in [-0.05, 0) is 50.2 Å². The minimum atomic E-state index is -4.61. The summed E-state index contributed by atoms with van der Waals surface area (Å²) in [6.07, 6.45) is -4.61. The highest BCUT2D eigenvalue weighted by atomic mass is 35.5. The number of anilines is 1. The van der Waals surface area contributed by atoms with E-state index in [1.165, 1.54) is 12.1 Å². The summed E-state index contributed by atoms with van der Waals surface area (Å²) in [5.41, 5.74) is -0.0576. The Kier molecular flexibility index (Phi) is 7.10. The van der Waals surface area contributed by atoms with E-state index in [0.29, 0.717) is 24.5 Å². The maximum absolute atomic E-state index is 13.0. The number of hydrogen-bond donors (Lipinski definition) is 1. The Morgan fingerprint density at radius 3 is 2.48 bits per heavy atom. The summed E-state index contributed by atoms with van der Waals surface area (Å²) in [6, 6.07) is 7.97. The first-order valence-electron chi connectivity index (χ1n) is 8.27. The third kappa shape index (κ3) is 5.61. The molecular weight excluding hydrogens is 383 g/mol. The molecule has 1 amide bonds. The van der Waals surface area contributed by atoms with Gasteiger partial charge < -0.3 is 14.8 Å². The maximum atomic E-state index is 13.0.